The first kappa shape index (κ1) is 22.5. The van der Waals surface area contributed by atoms with Crippen LogP contribution in [0.15, 0.2) is 53.4 Å². The van der Waals surface area contributed by atoms with E-state index in [1.807, 2.05) is 0 Å². The molecule has 0 heterocycles. The highest BCUT2D eigenvalue weighted by Gasteiger charge is 2.48. The first-order valence-corrected chi connectivity index (χ1v) is 11.5. The third-order valence-corrected chi connectivity index (χ3v) is 7.85. The summed E-state index contributed by atoms with van der Waals surface area (Å²) in [4.78, 5) is 28.1. The molecule has 0 spiro atoms. The number of Topliss-reactive ketones (excluding diaryl/α,β-unsaturated/α-hetero) is 1. The van der Waals surface area contributed by atoms with Crippen LogP contribution in [0.5, 0.6) is 0 Å². The van der Waals surface area contributed by atoms with Gasteiger partial charge in [0.25, 0.3) is 5.91 Å². The summed E-state index contributed by atoms with van der Waals surface area (Å²) >= 11 is 6.45. The third-order valence-electron chi connectivity index (χ3n) is 5.71. The summed E-state index contributed by atoms with van der Waals surface area (Å²) in [6.07, 6.45) is 2.37. The van der Waals surface area contributed by atoms with Crippen molar-refractivity contribution in [3.05, 3.63) is 64.7 Å². The number of halogens is 1. The van der Waals surface area contributed by atoms with Gasteiger partial charge in [-0.05, 0) is 43.5 Å². The molecule has 1 aliphatic rings. The van der Waals surface area contributed by atoms with E-state index in [0.717, 1.165) is 17.1 Å². The van der Waals surface area contributed by atoms with Gasteiger partial charge in [-0.15, -0.1) is 0 Å². The number of carbonyl (C=O) groups excluding carboxylic acids is 2. The lowest BCUT2D eigenvalue weighted by Gasteiger charge is -2.44. The van der Waals surface area contributed by atoms with E-state index >= 15 is 0 Å². The second-order valence-electron chi connectivity index (χ2n) is 7.65. The van der Waals surface area contributed by atoms with Gasteiger partial charge in [0.2, 0.25) is 10.0 Å². The highest BCUT2D eigenvalue weighted by Crippen LogP contribution is 2.42. The van der Waals surface area contributed by atoms with Crippen molar-refractivity contribution in [1.82, 2.24) is 9.21 Å². The number of hydrogen-bond donors (Lipinski definition) is 0. The molecule has 1 aliphatic carbocycles. The molecule has 1 amide bonds. The number of benzene rings is 2. The Labute approximate surface area is 182 Å². The van der Waals surface area contributed by atoms with Gasteiger partial charge < -0.3 is 4.90 Å². The number of hydrogen-bond acceptors (Lipinski definition) is 4. The van der Waals surface area contributed by atoms with Gasteiger partial charge in [-0.2, -0.15) is 0 Å². The van der Waals surface area contributed by atoms with Crippen molar-refractivity contribution in [2.75, 3.05) is 21.1 Å². The zero-order chi connectivity index (χ0) is 22.1. The standard InChI is InChI=1S/C22H25ClN2O4S/c1-24(2)30(28,29)17-10-8-9-16(15-17)21(27)25(3)22(14-7-6-13-20(22)26)18-11-4-5-12-19(18)23/h4-5,8-12,15H,6-7,13-14H2,1-3H3/t22-/m0/s1. The molecule has 0 radical (unpaired) electrons. The lowest BCUT2D eigenvalue weighted by atomic mass is 9.74. The van der Waals surface area contributed by atoms with Crippen molar-refractivity contribution < 1.29 is 18.0 Å². The molecule has 0 unspecified atom stereocenters. The quantitative estimate of drug-likeness (QED) is 0.698. The molecule has 1 atom stereocenters. The second kappa shape index (κ2) is 8.49. The highest BCUT2D eigenvalue weighted by molar-refractivity contribution is 7.89. The first-order chi connectivity index (χ1) is 14.1. The minimum absolute atomic E-state index is 0.0218. The fourth-order valence-corrected chi connectivity index (χ4v) is 5.24. The monoisotopic (exact) mass is 448 g/mol. The highest BCUT2D eigenvalue weighted by atomic mass is 35.5. The average Bonchev–Trinajstić information content (AvgIpc) is 2.73. The van der Waals surface area contributed by atoms with Crippen LogP contribution in [0.25, 0.3) is 0 Å². The van der Waals surface area contributed by atoms with Gasteiger partial charge in [0.05, 0.1) is 4.90 Å². The Morgan fingerprint density at radius 3 is 2.37 bits per heavy atom. The van der Waals surface area contributed by atoms with Crippen LogP contribution in [0.4, 0.5) is 0 Å². The Balaban J connectivity index is 2.09. The molecule has 2 aromatic rings. The largest absolute Gasteiger partial charge is 0.325 e. The van der Waals surface area contributed by atoms with Crippen molar-refractivity contribution in [1.29, 1.82) is 0 Å². The predicted molar refractivity (Wildman–Crippen MR) is 116 cm³/mol. The van der Waals surface area contributed by atoms with Gasteiger partial charge in [0.1, 0.15) is 5.54 Å². The van der Waals surface area contributed by atoms with Crippen LogP contribution in [-0.4, -0.2) is 50.5 Å². The minimum Gasteiger partial charge on any atom is -0.325 e. The Hall–Kier alpha value is -2.22. The Kier molecular flexibility index (Phi) is 6.36. The molecule has 2 aromatic carbocycles. The summed E-state index contributed by atoms with van der Waals surface area (Å²) < 4.78 is 26.1. The number of ketones is 1. The number of sulfonamides is 1. The molecule has 3 rings (SSSR count). The average molecular weight is 449 g/mol. The molecule has 160 valence electrons. The number of carbonyl (C=O) groups is 2. The van der Waals surface area contributed by atoms with Gasteiger partial charge in [0, 0.05) is 43.7 Å². The fraction of sp³-hybridized carbons (Fsp3) is 0.364. The maximum atomic E-state index is 13.5. The number of amides is 1. The van der Waals surface area contributed by atoms with Crippen molar-refractivity contribution >= 4 is 33.3 Å². The minimum atomic E-state index is -3.69. The molecule has 0 saturated heterocycles. The van der Waals surface area contributed by atoms with Crippen LogP contribution in [0.3, 0.4) is 0 Å². The summed E-state index contributed by atoms with van der Waals surface area (Å²) in [5, 5.41) is 0.427. The predicted octanol–water partition coefficient (Wildman–Crippen LogP) is 3.70. The van der Waals surface area contributed by atoms with Gasteiger partial charge in [0.15, 0.2) is 5.78 Å². The molecule has 6 nitrogen and oxygen atoms in total. The smallest absolute Gasteiger partial charge is 0.254 e. The maximum Gasteiger partial charge on any atom is 0.254 e. The van der Waals surface area contributed by atoms with Crippen molar-refractivity contribution in [2.45, 2.75) is 36.1 Å². The van der Waals surface area contributed by atoms with Crippen LogP contribution in [0.1, 0.15) is 41.6 Å². The lowest BCUT2D eigenvalue weighted by molar-refractivity contribution is -0.132. The van der Waals surface area contributed by atoms with Crippen molar-refractivity contribution in [3.63, 3.8) is 0 Å². The van der Waals surface area contributed by atoms with E-state index in [1.165, 1.54) is 37.2 Å². The van der Waals surface area contributed by atoms with E-state index in [4.69, 9.17) is 11.6 Å². The Morgan fingerprint density at radius 2 is 1.73 bits per heavy atom. The van der Waals surface area contributed by atoms with E-state index < -0.39 is 21.5 Å². The number of nitrogens with zero attached hydrogens (tertiary/aromatic N) is 2. The molecule has 0 aromatic heterocycles. The van der Waals surface area contributed by atoms with E-state index in [1.54, 1.807) is 37.4 Å². The summed E-state index contributed by atoms with van der Waals surface area (Å²) in [5.74, 6) is -0.490. The molecule has 8 heteroatoms. The number of rotatable bonds is 5. The van der Waals surface area contributed by atoms with Gasteiger partial charge in [-0.25, -0.2) is 12.7 Å². The first-order valence-electron chi connectivity index (χ1n) is 9.71. The topological polar surface area (TPSA) is 74.8 Å². The molecule has 0 N–H and O–H groups in total. The van der Waals surface area contributed by atoms with E-state index in [-0.39, 0.29) is 16.2 Å². The normalized spacial score (nSPS) is 19.7. The van der Waals surface area contributed by atoms with Gasteiger partial charge in [-0.3, -0.25) is 9.59 Å². The summed E-state index contributed by atoms with van der Waals surface area (Å²) in [6.45, 7) is 0. The zero-order valence-electron chi connectivity index (χ0n) is 17.3. The van der Waals surface area contributed by atoms with Crippen molar-refractivity contribution in [2.24, 2.45) is 0 Å². The van der Waals surface area contributed by atoms with Crippen molar-refractivity contribution in [3.8, 4) is 0 Å². The van der Waals surface area contributed by atoms with E-state index in [0.29, 0.717) is 23.4 Å². The number of likely N-dealkylation sites (N-methyl/N-ethyl adjacent to an activating group) is 1. The molecule has 30 heavy (non-hydrogen) atoms. The third kappa shape index (κ3) is 3.77. The maximum absolute atomic E-state index is 13.5. The summed E-state index contributed by atoms with van der Waals surface area (Å²) in [6, 6.07) is 13.0. The zero-order valence-corrected chi connectivity index (χ0v) is 18.8. The van der Waals surface area contributed by atoms with Gasteiger partial charge >= 0.3 is 0 Å². The van der Waals surface area contributed by atoms with Gasteiger partial charge in [-0.1, -0.05) is 35.9 Å². The Morgan fingerprint density at radius 1 is 1.03 bits per heavy atom. The van der Waals surface area contributed by atoms with Crippen LogP contribution < -0.4 is 0 Å². The van der Waals surface area contributed by atoms with Crippen LogP contribution in [0, 0.1) is 0 Å². The fourth-order valence-electron chi connectivity index (χ4n) is 4.00. The summed E-state index contributed by atoms with van der Waals surface area (Å²) in [7, 11) is 0.759. The van der Waals surface area contributed by atoms with Crippen LogP contribution in [-0.2, 0) is 20.4 Å². The second-order valence-corrected chi connectivity index (χ2v) is 10.2. The SMILES string of the molecule is CN(C(=O)c1cccc(S(=O)(=O)N(C)C)c1)[C@]1(c2ccccc2Cl)CCCCC1=O. The van der Waals surface area contributed by atoms with Crippen LogP contribution >= 0.6 is 11.6 Å². The molecule has 0 bridgehead atoms. The van der Waals surface area contributed by atoms with Crippen LogP contribution in [0.2, 0.25) is 5.02 Å². The lowest BCUT2D eigenvalue weighted by Crippen LogP contribution is -2.54. The molecular formula is C22H25ClN2O4S. The Bertz CT molecular complexity index is 1080. The summed E-state index contributed by atoms with van der Waals surface area (Å²) in [5.41, 5.74) is -0.376. The molecule has 0 aliphatic heterocycles. The molecule has 1 fully saturated rings. The molecular weight excluding hydrogens is 424 g/mol. The van der Waals surface area contributed by atoms with E-state index in [2.05, 4.69) is 0 Å². The van der Waals surface area contributed by atoms with E-state index in [9.17, 15) is 18.0 Å². The molecule has 1 saturated carbocycles.